The van der Waals surface area contributed by atoms with Crippen LogP contribution in [0.1, 0.15) is 40.0 Å². The van der Waals surface area contributed by atoms with Gasteiger partial charge in [-0.25, -0.2) is 4.79 Å². The molecule has 1 aliphatic rings. The molecule has 0 spiro atoms. The lowest BCUT2D eigenvalue weighted by Crippen LogP contribution is -2.52. The number of nitrogens with one attached hydrogen (secondary N) is 1. The van der Waals surface area contributed by atoms with Crippen LogP contribution in [0.25, 0.3) is 0 Å². The molecule has 3 atom stereocenters. The summed E-state index contributed by atoms with van der Waals surface area (Å²) in [5, 5.41) is 2.74. The molecule has 0 aromatic heterocycles. The third kappa shape index (κ3) is 7.73. The van der Waals surface area contributed by atoms with Crippen LogP contribution in [0, 0.1) is 5.92 Å². The van der Waals surface area contributed by atoms with E-state index in [2.05, 4.69) is 5.32 Å². The highest BCUT2D eigenvalue weighted by Crippen LogP contribution is 2.22. The van der Waals surface area contributed by atoms with Crippen molar-refractivity contribution < 1.29 is 23.9 Å². The van der Waals surface area contributed by atoms with E-state index in [1.807, 2.05) is 6.26 Å². The summed E-state index contributed by atoms with van der Waals surface area (Å²) in [4.78, 5) is 50.3. The smallest absolute Gasteiger partial charge is 0.328 e. The van der Waals surface area contributed by atoms with Gasteiger partial charge in [0.25, 0.3) is 0 Å². The normalized spacial score (nSPS) is 18.7. The third-order valence-corrected chi connectivity index (χ3v) is 6.01. The molecule has 0 aliphatic carbocycles. The van der Waals surface area contributed by atoms with Gasteiger partial charge in [0, 0.05) is 25.1 Å². The number of hydrogen-bond donors (Lipinski definition) is 1. The van der Waals surface area contributed by atoms with Crippen LogP contribution in [0.5, 0.6) is 0 Å². The molecule has 7 nitrogen and oxygen atoms in total. The Kier molecular flexibility index (Phi) is 10.8. The van der Waals surface area contributed by atoms with Crippen LogP contribution in [-0.4, -0.2) is 70.8 Å². The first kappa shape index (κ1) is 23.8. The number of hydrogen-bond acceptors (Lipinski definition) is 7. The molecule has 2 amide bonds. The summed E-state index contributed by atoms with van der Waals surface area (Å²) in [6.07, 6.45) is 3.73. The molecule has 9 heteroatoms. The predicted octanol–water partition coefficient (Wildman–Crippen LogP) is 1.69. The Balaban J connectivity index is 2.73. The molecule has 0 aromatic rings. The molecule has 1 unspecified atom stereocenters. The number of nitrogens with zero attached hydrogens (tertiary/aromatic N) is 1. The summed E-state index contributed by atoms with van der Waals surface area (Å²) in [6, 6.07) is -1.28. The fourth-order valence-corrected chi connectivity index (χ4v) is 3.99. The van der Waals surface area contributed by atoms with E-state index in [0.29, 0.717) is 25.1 Å². The van der Waals surface area contributed by atoms with Gasteiger partial charge in [-0.15, -0.1) is 0 Å². The van der Waals surface area contributed by atoms with E-state index in [1.54, 1.807) is 30.5 Å². The Morgan fingerprint density at radius 1 is 1.30 bits per heavy atom. The third-order valence-electron chi connectivity index (χ3n) is 4.29. The van der Waals surface area contributed by atoms with Gasteiger partial charge in [0.15, 0.2) is 5.12 Å². The van der Waals surface area contributed by atoms with E-state index >= 15 is 0 Å². The Bertz CT molecular complexity index is 544. The molecule has 27 heavy (non-hydrogen) atoms. The van der Waals surface area contributed by atoms with E-state index in [9.17, 15) is 19.2 Å². The van der Waals surface area contributed by atoms with E-state index in [1.165, 1.54) is 6.92 Å². The van der Waals surface area contributed by atoms with Gasteiger partial charge in [0.05, 0.1) is 6.61 Å². The van der Waals surface area contributed by atoms with Crippen LogP contribution >= 0.6 is 23.5 Å². The molecule has 0 saturated carbocycles. The van der Waals surface area contributed by atoms with Crippen molar-refractivity contribution in [2.45, 2.75) is 52.1 Å². The number of thioether (sulfide) groups is 2. The highest BCUT2D eigenvalue weighted by atomic mass is 32.2. The maximum atomic E-state index is 12.8. The second kappa shape index (κ2) is 12.3. The molecule has 1 rings (SSSR count). The first-order chi connectivity index (χ1) is 12.8. The lowest BCUT2D eigenvalue weighted by atomic mass is 10.1. The molecule has 0 bridgehead atoms. The molecule has 154 valence electrons. The molecule has 0 aromatic carbocycles. The lowest BCUT2D eigenvalue weighted by Gasteiger charge is -2.28. The molecule has 1 fully saturated rings. The largest absolute Gasteiger partial charge is 0.464 e. The first-order valence-corrected chi connectivity index (χ1v) is 11.6. The summed E-state index contributed by atoms with van der Waals surface area (Å²) in [7, 11) is 0. The minimum atomic E-state index is -0.701. The van der Waals surface area contributed by atoms with Gasteiger partial charge in [-0.1, -0.05) is 18.7 Å². The molecule has 1 heterocycles. The zero-order chi connectivity index (χ0) is 20.4. The number of amides is 2. The van der Waals surface area contributed by atoms with Crippen molar-refractivity contribution in [3.05, 3.63) is 0 Å². The van der Waals surface area contributed by atoms with Gasteiger partial charge in [-0.3, -0.25) is 14.4 Å². The van der Waals surface area contributed by atoms with Gasteiger partial charge >= 0.3 is 5.97 Å². The van der Waals surface area contributed by atoms with Crippen molar-refractivity contribution in [1.82, 2.24) is 10.2 Å². The lowest BCUT2D eigenvalue weighted by molar-refractivity contribution is -0.148. The van der Waals surface area contributed by atoms with Gasteiger partial charge < -0.3 is 15.0 Å². The van der Waals surface area contributed by atoms with Crippen molar-refractivity contribution in [1.29, 1.82) is 0 Å². The quantitative estimate of drug-likeness (QED) is 0.540. The zero-order valence-electron chi connectivity index (χ0n) is 16.5. The number of rotatable bonds is 10. The van der Waals surface area contributed by atoms with E-state index in [-0.39, 0.29) is 29.5 Å². The Morgan fingerprint density at radius 2 is 2.00 bits per heavy atom. The SMILES string of the molecule is CCOC(=O)[C@H](CCSC)NC(=O)[C@@H]1CCCN1C(=O)C(C)CSC(C)=O. The average Bonchev–Trinajstić information content (AvgIpc) is 3.12. The van der Waals surface area contributed by atoms with Crippen LogP contribution in [-0.2, 0) is 23.9 Å². The monoisotopic (exact) mass is 418 g/mol. The number of carbonyl (C=O) groups is 4. The van der Waals surface area contributed by atoms with Gasteiger partial charge in [-0.2, -0.15) is 11.8 Å². The van der Waals surface area contributed by atoms with E-state index in [4.69, 9.17) is 4.74 Å². The molecular formula is C18H30N2O5S2. The summed E-state index contributed by atoms with van der Waals surface area (Å²) >= 11 is 2.70. The summed E-state index contributed by atoms with van der Waals surface area (Å²) in [6.45, 7) is 5.73. The van der Waals surface area contributed by atoms with Gasteiger partial charge in [0.2, 0.25) is 11.8 Å². The fourth-order valence-electron chi connectivity index (χ4n) is 2.90. The number of ether oxygens (including phenoxy) is 1. The predicted molar refractivity (Wildman–Crippen MR) is 109 cm³/mol. The first-order valence-electron chi connectivity index (χ1n) is 9.21. The second-order valence-electron chi connectivity index (χ2n) is 6.49. The van der Waals surface area contributed by atoms with E-state index in [0.717, 1.165) is 23.9 Å². The van der Waals surface area contributed by atoms with Crippen LogP contribution < -0.4 is 5.32 Å². The maximum absolute atomic E-state index is 12.8. The Morgan fingerprint density at radius 3 is 2.59 bits per heavy atom. The molecule has 1 saturated heterocycles. The van der Waals surface area contributed by atoms with Gasteiger partial charge in [-0.05, 0) is 38.2 Å². The summed E-state index contributed by atoms with van der Waals surface area (Å²) in [5.74, 6) is -0.106. The number of likely N-dealkylation sites (tertiary alicyclic amines) is 1. The fraction of sp³-hybridized carbons (Fsp3) is 0.778. The van der Waals surface area contributed by atoms with Crippen LogP contribution in [0.2, 0.25) is 0 Å². The Labute approximate surface area is 169 Å². The topological polar surface area (TPSA) is 92.8 Å². The highest BCUT2D eigenvalue weighted by molar-refractivity contribution is 8.13. The summed E-state index contributed by atoms with van der Waals surface area (Å²) in [5.41, 5.74) is 0. The Hall–Kier alpha value is -1.22. The van der Waals surface area contributed by atoms with Crippen LogP contribution in [0.15, 0.2) is 0 Å². The zero-order valence-corrected chi connectivity index (χ0v) is 18.1. The van der Waals surface area contributed by atoms with Crippen molar-refractivity contribution in [3.63, 3.8) is 0 Å². The van der Waals surface area contributed by atoms with E-state index < -0.39 is 18.1 Å². The molecule has 1 N–H and O–H groups in total. The minimum absolute atomic E-state index is 0.0311. The maximum Gasteiger partial charge on any atom is 0.328 e. The molecule has 1 aliphatic heterocycles. The van der Waals surface area contributed by atoms with Crippen LogP contribution in [0.4, 0.5) is 0 Å². The standard InChI is InChI=1S/C18H30N2O5S2/c1-5-25-18(24)14(8-10-26-4)19-16(22)15-7-6-9-20(15)17(23)12(2)11-27-13(3)21/h12,14-15H,5-11H2,1-4H3,(H,19,22)/t12?,14-,15-/m0/s1. The van der Waals surface area contributed by atoms with Crippen molar-refractivity contribution in [3.8, 4) is 0 Å². The van der Waals surface area contributed by atoms with Crippen LogP contribution in [0.3, 0.4) is 0 Å². The highest BCUT2D eigenvalue weighted by Gasteiger charge is 2.37. The van der Waals surface area contributed by atoms with Gasteiger partial charge in [0.1, 0.15) is 12.1 Å². The summed E-state index contributed by atoms with van der Waals surface area (Å²) < 4.78 is 5.05. The number of carbonyl (C=O) groups excluding carboxylic acids is 4. The second-order valence-corrected chi connectivity index (χ2v) is 8.67. The van der Waals surface area contributed by atoms with Crippen molar-refractivity contribution in [2.24, 2.45) is 5.92 Å². The average molecular weight is 419 g/mol. The van der Waals surface area contributed by atoms with Crippen molar-refractivity contribution in [2.75, 3.05) is 30.9 Å². The molecular weight excluding hydrogens is 388 g/mol. The minimum Gasteiger partial charge on any atom is -0.464 e. The molecule has 0 radical (unpaired) electrons. The number of esters is 1. The van der Waals surface area contributed by atoms with Crippen molar-refractivity contribution >= 4 is 46.4 Å².